The molecule has 1 aromatic rings. The lowest BCUT2D eigenvalue weighted by Gasteiger charge is -2.37. The van der Waals surface area contributed by atoms with Gasteiger partial charge >= 0.3 is 0 Å². The van der Waals surface area contributed by atoms with Gasteiger partial charge in [0, 0.05) is 24.5 Å². The molecule has 0 aromatic carbocycles. The van der Waals surface area contributed by atoms with E-state index >= 15 is 0 Å². The molecule has 5 heteroatoms. The Morgan fingerprint density at radius 3 is 2.65 bits per heavy atom. The quantitative estimate of drug-likeness (QED) is 0.807. The van der Waals surface area contributed by atoms with Crippen LogP contribution in [0.15, 0.2) is 18.5 Å². The third-order valence-electron chi connectivity index (χ3n) is 3.85. The molecule has 92 valence electrons. The van der Waals surface area contributed by atoms with E-state index in [4.69, 9.17) is 0 Å². The summed E-state index contributed by atoms with van der Waals surface area (Å²) in [5.74, 6) is 0.133. The highest BCUT2D eigenvalue weighted by Crippen LogP contribution is 2.35. The monoisotopic (exact) mass is 235 g/mol. The zero-order valence-corrected chi connectivity index (χ0v) is 9.70. The molecule has 1 aromatic heterocycles. The standard InChI is InChI=1S/C12H17N3O2/c16-11-6-9-2-3-10(7-11)15(9)12(17)8-14-5-1-4-13-14/h1,4-5,9-11,16H,2-3,6-8H2. The third-order valence-corrected chi connectivity index (χ3v) is 3.85. The van der Waals surface area contributed by atoms with Gasteiger partial charge in [0.2, 0.25) is 5.91 Å². The van der Waals surface area contributed by atoms with E-state index in [0.29, 0.717) is 6.54 Å². The molecular weight excluding hydrogens is 218 g/mol. The van der Waals surface area contributed by atoms with Gasteiger partial charge in [0.05, 0.1) is 6.10 Å². The first-order valence-corrected chi connectivity index (χ1v) is 6.20. The maximum Gasteiger partial charge on any atom is 0.244 e. The number of piperidine rings is 1. The Morgan fingerprint density at radius 2 is 2.06 bits per heavy atom. The van der Waals surface area contributed by atoms with Crippen molar-refractivity contribution in [3.8, 4) is 0 Å². The lowest BCUT2D eigenvalue weighted by atomic mass is 10.00. The van der Waals surface area contributed by atoms with E-state index in [1.54, 1.807) is 17.1 Å². The number of carbonyl (C=O) groups is 1. The van der Waals surface area contributed by atoms with Crippen molar-refractivity contribution in [2.45, 2.75) is 50.4 Å². The van der Waals surface area contributed by atoms with Crippen LogP contribution in [-0.4, -0.2) is 43.9 Å². The summed E-state index contributed by atoms with van der Waals surface area (Å²) < 4.78 is 1.66. The predicted molar refractivity (Wildman–Crippen MR) is 61.1 cm³/mol. The van der Waals surface area contributed by atoms with Crippen LogP contribution in [-0.2, 0) is 11.3 Å². The average molecular weight is 235 g/mol. The number of carbonyl (C=O) groups excluding carboxylic acids is 1. The van der Waals surface area contributed by atoms with Crippen LogP contribution in [0.5, 0.6) is 0 Å². The van der Waals surface area contributed by atoms with Crippen molar-refractivity contribution in [3.05, 3.63) is 18.5 Å². The number of aromatic nitrogens is 2. The fraction of sp³-hybridized carbons (Fsp3) is 0.667. The summed E-state index contributed by atoms with van der Waals surface area (Å²) >= 11 is 0. The predicted octanol–water partition coefficient (Wildman–Crippen LogP) is 0.397. The van der Waals surface area contributed by atoms with Crippen LogP contribution in [0.4, 0.5) is 0 Å². The zero-order valence-electron chi connectivity index (χ0n) is 9.70. The molecule has 0 saturated carbocycles. The molecule has 3 rings (SSSR count). The molecular formula is C12H17N3O2. The third kappa shape index (κ3) is 1.95. The van der Waals surface area contributed by atoms with Gasteiger partial charge in [0.25, 0.3) is 0 Å². The fourth-order valence-electron chi connectivity index (χ4n) is 3.17. The first kappa shape index (κ1) is 10.8. The van der Waals surface area contributed by atoms with E-state index in [-0.39, 0.29) is 24.1 Å². The Kier molecular flexibility index (Phi) is 2.63. The number of hydrogen-bond donors (Lipinski definition) is 1. The van der Waals surface area contributed by atoms with Crippen LogP contribution >= 0.6 is 0 Å². The molecule has 1 N–H and O–H groups in total. The highest BCUT2D eigenvalue weighted by Gasteiger charge is 2.42. The minimum Gasteiger partial charge on any atom is -0.393 e. The highest BCUT2D eigenvalue weighted by atomic mass is 16.3. The SMILES string of the molecule is O=C(Cn1cccn1)N1C2CCC1CC(O)C2. The van der Waals surface area contributed by atoms with E-state index in [9.17, 15) is 9.90 Å². The number of amides is 1. The fourth-order valence-corrected chi connectivity index (χ4v) is 3.17. The lowest BCUT2D eigenvalue weighted by molar-refractivity contribution is -0.138. The number of nitrogens with zero attached hydrogens (tertiary/aromatic N) is 3. The van der Waals surface area contributed by atoms with Crippen LogP contribution < -0.4 is 0 Å². The van der Waals surface area contributed by atoms with Crippen molar-refractivity contribution in [1.29, 1.82) is 0 Å². The molecule has 0 aliphatic carbocycles. The Balaban J connectivity index is 1.70. The van der Waals surface area contributed by atoms with Gasteiger partial charge in [-0.25, -0.2) is 0 Å². The van der Waals surface area contributed by atoms with Crippen LogP contribution in [0.25, 0.3) is 0 Å². The molecule has 17 heavy (non-hydrogen) atoms. The zero-order chi connectivity index (χ0) is 11.8. The van der Waals surface area contributed by atoms with E-state index < -0.39 is 0 Å². The molecule has 2 atom stereocenters. The van der Waals surface area contributed by atoms with Gasteiger partial charge in [-0.05, 0) is 31.7 Å². The molecule has 2 aliphatic heterocycles. The summed E-state index contributed by atoms with van der Waals surface area (Å²) in [5, 5.41) is 13.7. The number of aliphatic hydroxyl groups is 1. The second-order valence-electron chi connectivity index (χ2n) is 5.01. The maximum atomic E-state index is 12.2. The first-order chi connectivity index (χ1) is 8.24. The topological polar surface area (TPSA) is 58.4 Å². The second kappa shape index (κ2) is 4.14. The maximum absolute atomic E-state index is 12.2. The molecule has 2 fully saturated rings. The van der Waals surface area contributed by atoms with E-state index in [0.717, 1.165) is 25.7 Å². The van der Waals surface area contributed by atoms with Crippen molar-refractivity contribution in [3.63, 3.8) is 0 Å². The Morgan fingerprint density at radius 1 is 1.35 bits per heavy atom. The summed E-state index contributed by atoms with van der Waals surface area (Å²) in [7, 11) is 0. The van der Waals surface area contributed by atoms with Crippen molar-refractivity contribution >= 4 is 5.91 Å². The number of hydrogen-bond acceptors (Lipinski definition) is 3. The Labute approximate surface area is 100 Å². The van der Waals surface area contributed by atoms with E-state index in [1.807, 2.05) is 11.0 Å². The van der Waals surface area contributed by atoms with Crippen LogP contribution in [0.1, 0.15) is 25.7 Å². The van der Waals surface area contributed by atoms with E-state index in [2.05, 4.69) is 5.10 Å². The van der Waals surface area contributed by atoms with Crippen molar-refractivity contribution in [2.75, 3.05) is 0 Å². The molecule has 2 aliphatic rings. The average Bonchev–Trinajstić information content (AvgIpc) is 2.86. The smallest absolute Gasteiger partial charge is 0.244 e. The summed E-state index contributed by atoms with van der Waals surface area (Å²) in [6, 6.07) is 2.31. The van der Waals surface area contributed by atoms with Crippen LogP contribution in [0.2, 0.25) is 0 Å². The van der Waals surface area contributed by atoms with Gasteiger partial charge in [0.15, 0.2) is 0 Å². The molecule has 2 unspecified atom stereocenters. The van der Waals surface area contributed by atoms with Gasteiger partial charge in [-0.3, -0.25) is 9.48 Å². The summed E-state index contributed by atoms with van der Waals surface area (Å²) in [6.45, 7) is 0.316. The molecule has 0 spiro atoms. The van der Waals surface area contributed by atoms with E-state index in [1.165, 1.54) is 0 Å². The van der Waals surface area contributed by atoms with Gasteiger partial charge in [0.1, 0.15) is 6.54 Å². The number of rotatable bonds is 2. The van der Waals surface area contributed by atoms with Crippen LogP contribution in [0, 0.1) is 0 Å². The highest BCUT2D eigenvalue weighted by molar-refractivity contribution is 5.77. The summed E-state index contributed by atoms with van der Waals surface area (Å²) in [5.41, 5.74) is 0. The molecule has 1 amide bonds. The van der Waals surface area contributed by atoms with Crippen LogP contribution in [0.3, 0.4) is 0 Å². The number of aliphatic hydroxyl groups excluding tert-OH is 1. The molecule has 5 nitrogen and oxygen atoms in total. The molecule has 2 bridgehead atoms. The largest absolute Gasteiger partial charge is 0.393 e. The minimum atomic E-state index is -0.221. The van der Waals surface area contributed by atoms with Crippen molar-refractivity contribution < 1.29 is 9.90 Å². The van der Waals surface area contributed by atoms with Gasteiger partial charge in [-0.15, -0.1) is 0 Å². The molecule has 3 heterocycles. The normalized spacial score (nSPS) is 31.8. The second-order valence-corrected chi connectivity index (χ2v) is 5.01. The lowest BCUT2D eigenvalue weighted by Crippen LogP contribution is -2.49. The molecule has 2 saturated heterocycles. The van der Waals surface area contributed by atoms with Gasteiger partial charge < -0.3 is 10.0 Å². The van der Waals surface area contributed by atoms with Crippen molar-refractivity contribution in [1.82, 2.24) is 14.7 Å². The van der Waals surface area contributed by atoms with Gasteiger partial charge in [-0.1, -0.05) is 0 Å². The summed E-state index contributed by atoms with van der Waals surface area (Å²) in [4.78, 5) is 14.2. The number of fused-ring (bicyclic) bond motifs is 2. The van der Waals surface area contributed by atoms with Gasteiger partial charge in [-0.2, -0.15) is 5.10 Å². The first-order valence-electron chi connectivity index (χ1n) is 6.20. The Hall–Kier alpha value is -1.36. The Bertz CT molecular complexity index is 390. The minimum absolute atomic E-state index is 0.133. The molecule has 0 radical (unpaired) electrons. The van der Waals surface area contributed by atoms with Crippen molar-refractivity contribution in [2.24, 2.45) is 0 Å². The summed E-state index contributed by atoms with van der Waals surface area (Å²) in [6.07, 6.45) is 6.81.